The summed E-state index contributed by atoms with van der Waals surface area (Å²) in [4.78, 5) is 11.9. The van der Waals surface area contributed by atoms with Gasteiger partial charge in [0.2, 0.25) is 5.91 Å². The fraction of sp³-hybridized carbons (Fsp3) is 0.278. The van der Waals surface area contributed by atoms with E-state index in [-0.39, 0.29) is 5.91 Å². The van der Waals surface area contributed by atoms with Crippen molar-refractivity contribution in [1.82, 2.24) is 5.32 Å². The molecule has 2 rings (SSSR count). The van der Waals surface area contributed by atoms with Gasteiger partial charge in [-0.3, -0.25) is 4.79 Å². The number of hydrogen-bond donors (Lipinski definition) is 1. The molecule has 0 atom stereocenters. The molecule has 116 valence electrons. The van der Waals surface area contributed by atoms with Crippen molar-refractivity contribution in [1.29, 1.82) is 0 Å². The molecule has 2 aromatic carbocycles. The summed E-state index contributed by atoms with van der Waals surface area (Å²) in [5.41, 5.74) is 2.10. The number of rotatable bonds is 7. The number of carbonyl (C=O) groups excluding carboxylic acids is 1. The molecule has 0 aliphatic carbocycles. The standard InChI is InChI=1S/C18H20ClNO2/c1-2-22-17-6-4-3-5-15(17)9-12-18(21)20-13-14-7-10-16(19)11-8-14/h3-8,10-11H,2,9,12-13H2,1H3,(H,20,21). The lowest BCUT2D eigenvalue weighted by Gasteiger charge is -2.10. The van der Waals surface area contributed by atoms with E-state index in [1.54, 1.807) is 0 Å². The van der Waals surface area contributed by atoms with Gasteiger partial charge in [0.1, 0.15) is 5.75 Å². The zero-order valence-corrected chi connectivity index (χ0v) is 13.4. The predicted molar refractivity (Wildman–Crippen MR) is 89.2 cm³/mol. The Balaban J connectivity index is 1.81. The number of aryl methyl sites for hydroxylation is 1. The molecule has 0 bridgehead atoms. The Morgan fingerprint density at radius 3 is 2.59 bits per heavy atom. The van der Waals surface area contributed by atoms with Crippen LogP contribution in [0.25, 0.3) is 0 Å². The molecule has 1 amide bonds. The first-order chi connectivity index (χ1) is 10.7. The summed E-state index contributed by atoms with van der Waals surface area (Å²) in [6.07, 6.45) is 1.11. The molecule has 0 saturated heterocycles. The van der Waals surface area contributed by atoms with Gasteiger partial charge in [0.15, 0.2) is 0 Å². The third-order valence-electron chi connectivity index (χ3n) is 3.30. The maximum atomic E-state index is 11.9. The number of hydrogen-bond acceptors (Lipinski definition) is 2. The molecule has 0 unspecified atom stereocenters. The molecule has 0 heterocycles. The van der Waals surface area contributed by atoms with E-state index in [1.807, 2.05) is 55.5 Å². The molecule has 22 heavy (non-hydrogen) atoms. The highest BCUT2D eigenvalue weighted by Crippen LogP contribution is 2.19. The Bertz CT molecular complexity index is 611. The summed E-state index contributed by atoms with van der Waals surface area (Å²) in [7, 11) is 0. The van der Waals surface area contributed by atoms with E-state index in [2.05, 4.69) is 5.32 Å². The van der Waals surface area contributed by atoms with Crippen molar-refractivity contribution < 1.29 is 9.53 Å². The molecule has 0 aliphatic rings. The van der Waals surface area contributed by atoms with Crippen molar-refractivity contribution in [3.8, 4) is 5.75 Å². The van der Waals surface area contributed by atoms with Crippen molar-refractivity contribution in [3.05, 3.63) is 64.7 Å². The van der Waals surface area contributed by atoms with Crippen LogP contribution in [0.4, 0.5) is 0 Å². The molecule has 2 aromatic rings. The first-order valence-corrected chi connectivity index (χ1v) is 7.78. The molecular formula is C18H20ClNO2. The van der Waals surface area contributed by atoms with E-state index in [0.717, 1.165) is 16.9 Å². The maximum Gasteiger partial charge on any atom is 0.220 e. The predicted octanol–water partition coefficient (Wildman–Crippen LogP) is 3.99. The molecule has 0 saturated carbocycles. The second-order valence-corrected chi connectivity index (χ2v) is 5.38. The van der Waals surface area contributed by atoms with Gasteiger partial charge in [-0.15, -0.1) is 0 Å². The topological polar surface area (TPSA) is 38.3 Å². The average Bonchev–Trinajstić information content (AvgIpc) is 2.54. The third kappa shape index (κ3) is 5.08. The fourth-order valence-corrected chi connectivity index (χ4v) is 2.27. The Morgan fingerprint density at radius 2 is 1.86 bits per heavy atom. The maximum absolute atomic E-state index is 11.9. The number of ether oxygens (including phenoxy) is 1. The molecule has 1 N–H and O–H groups in total. The fourth-order valence-electron chi connectivity index (χ4n) is 2.15. The van der Waals surface area contributed by atoms with E-state index in [4.69, 9.17) is 16.3 Å². The van der Waals surface area contributed by atoms with E-state index in [0.29, 0.717) is 31.0 Å². The average molecular weight is 318 g/mol. The summed E-state index contributed by atoms with van der Waals surface area (Å²) in [6, 6.07) is 15.3. The first kappa shape index (κ1) is 16.4. The molecule has 0 aliphatic heterocycles. The van der Waals surface area contributed by atoms with Gasteiger partial charge in [-0.05, 0) is 42.7 Å². The Hall–Kier alpha value is -2.00. The summed E-state index contributed by atoms with van der Waals surface area (Å²) in [5.74, 6) is 0.886. The van der Waals surface area contributed by atoms with Gasteiger partial charge in [-0.1, -0.05) is 41.9 Å². The largest absolute Gasteiger partial charge is 0.494 e. The van der Waals surface area contributed by atoms with Crippen molar-refractivity contribution in [3.63, 3.8) is 0 Å². The van der Waals surface area contributed by atoms with Crippen LogP contribution >= 0.6 is 11.6 Å². The van der Waals surface area contributed by atoms with Crippen LogP contribution in [0.2, 0.25) is 5.02 Å². The van der Waals surface area contributed by atoms with Crippen LogP contribution in [0.3, 0.4) is 0 Å². The first-order valence-electron chi connectivity index (χ1n) is 7.41. The lowest BCUT2D eigenvalue weighted by Crippen LogP contribution is -2.23. The highest BCUT2D eigenvalue weighted by Gasteiger charge is 2.06. The Morgan fingerprint density at radius 1 is 1.14 bits per heavy atom. The van der Waals surface area contributed by atoms with Crippen LogP contribution in [-0.2, 0) is 17.8 Å². The normalized spacial score (nSPS) is 10.3. The van der Waals surface area contributed by atoms with Gasteiger partial charge < -0.3 is 10.1 Å². The van der Waals surface area contributed by atoms with Gasteiger partial charge in [0.05, 0.1) is 6.61 Å². The summed E-state index contributed by atoms with van der Waals surface area (Å²) in [5, 5.41) is 3.61. The molecule has 3 nitrogen and oxygen atoms in total. The summed E-state index contributed by atoms with van der Waals surface area (Å²) < 4.78 is 5.57. The molecule has 0 aromatic heterocycles. The number of halogens is 1. The minimum atomic E-state index is 0.0289. The highest BCUT2D eigenvalue weighted by molar-refractivity contribution is 6.30. The minimum Gasteiger partial charge on any atom is -0.494 e. The van der Waals surface area contributed by atoms with Crippen molar-refractivity contribution in [2.75, 3.05) is 6.61 Å². The van der Waals surface area contributed by atoms with Gasteiger partial charge >= 0.3 is 0 Å². The van der Waals surface area contributed by atoms with Crippen LogP contribution < -0.4 is 10.1 Å². The summed E-state index contributed by atoms with van der Waals surface area (Å²) in [6.45, 7) is 3.10. The van der Waals surface area contributed by atoms with Gasteiger partial charge in [-0.25, -0.2) is 0 Å². The zero-order valence-electron chi connectivity index (χ0n) is 12.6. The lowest BCUT2D eigenvalue weighted by molar-refractivity contribution is -0.121. The van der Waals surface area contributed by atoms with Gasteiger partial charge in [0.25, 0.3) is 0 Å². The van der Waals surface area contributed by atoms with E-state index >= 15 is 0 Å². The molecule has 0 spiro atoms. The van der Waals surface area contributed by atoms with E-state index in [1.165, 1.54) is 0 Å². The molecular weight excluding hydrogens is 298 g/mol. The Labute approximate surface area is 136 Å². The molecule has 4 heteroatoms. The highest BCUT2D eigenvalue weighted by atomic mass is 35.5. The van der Waals surface area contributed by atoms with Crippen molar-refractivity contribution in [2.24, 2.45) is 0 Å². The molecule has 0 radical (unpaired) electrons. The Kier molecular flexibility index (Phi) is 6.28. The monoisotopic (exact) mass is 317 g/mol. The number of carbonyl (C=O) groups is 1. The smallest absolute Gasteiger partial charge is 0.220 e. The SMILES string of the molecule is CCOc1ccccc1CCC(=O)NCc1ccc(Cl)cc1. The van der Waals surface area contributed by atoms with E-state index < -0.39 is 0 Å². The zero-order chi connectivity index (χ0) is 15.8. The van der Waals surface area contributed by atoms with Crippen molar-refractivity contribution >= 4 is 17.5 Å². The number of nitrogens with one attached hydrogen (secondary N) is 1. The lowest BCUT2D eigenvalue weighted by atomic mass is 10.1. The van der Waals surface area contributed by atoms with Crippen LogP contribution in [0.5, 0.6) is 5.75 Å². The van der Waals surface area contributed by atoms with E-state index in [9.17, 15) is 4.79 Å². The minimum absolute atomic E-state index is 0.0289. The van der Waals surface area contributed by atoms with Gasteiger partial charge in [0, 0.05) is 18.0 Å². The van der Waals surface area contributed by atoms with Crippen LogP contribution in [0.1, 0.15) is 24.5 Å². The quantitative estimate of drug-likeness (QED) is 0.838. The van der Waals surface area contributed by atoms with Crippen LogP contribution in [-0.4, -0.2) is 12.5 Å². The summed E-state index contributed by atoms with van der Waals surface area (Å²) >= 11 is 5.83. The number of para-hydroxylation sites is 1. The van der Waals surface area contributed by atoms with Crippen molar-refractivity contribution in [2.45, 2.75) is 26.3 Å². The number of amides is 1. The third-order valence-corrected chi connectivity index (χ3v) is 3.55. The number of benzene rings is 2. The van der Waals surface area contributed by atoms with Crippen LogP contribution in [0.15, 0.2) is 48.5 Å². The van der Waals surface area contributed by atoms with Gasteiger partial charge in [-0.2, -0.15) is 0 Å². The second-order valence-electron chi connectivity index (χ2n) is 4.94. The second kappa shape index (κ2) is 8.44. The molecule has 0 fully saturated rings. The van der Waals surface area contributed by atoms with Crippen LogP contribution in [0, 0.1) is 0 Å².